The quantitative estimate of drug-likeness (QED) is 0.108. The number of aromatic nitrogens is 18. The summed E-state index contributed by atoms with van der Waals surface area (Å²) in [5.74, 6) is 0.462. The van der Waals surface area contributed by atoms with Crippen LogP contribution in [0.4, 0.5) is 0 Å². The van der Waals surface area contributed by atoms with Gasteiger partial charge in [0.2, 0.25) is 23.6 Å². The molecule has 4 fully saturated rings. The van der Waals surface area contributed by atoms with Crippen molar-refractivity contribution in [3.8, 4) is 78.4 Å². The number of nitrogens with one attached hydrogen (secondary N) is 3. The van der Waals surface area contributed by atoms with Crippen LogP contribution in [0.25, 0.3) is 122 Å². The minimum Gasteiger partial charge on any atom is -0.381 e. The molecule has 11 aromatic heterocycles. The molecule has 0 radical (unpaired) electrons. The number of para-hydroxylation sites is 1. The lowest BCUT2D eigenvalue weighted by molar-refractivity contribution is -0.130. The van der Waals surface area contributed by atoms with Crippen LogP contribution in [0.1, 0.15) is 128 Å². The van der Waals surface area contributed by atoms with Crippen LogP contribution >= 0.6 is 0 Å². The van der Waals surface area contributed by atoms with Gasteiger partial charge in [-0.25, -0.2) is 0 Å². The standard InChI is InChI=1S/C25H28N6O2.C24H26N6O2.C23H24N6O2.C22H26N4O2/c1-15-24(20-5-4-17(10-22(20)27-15)18-11-26-29(3)12-18)25-21-13-30(16(2)32)8-6-23(21)31(28-25)19-7-9-33-14-19;1-15(31)29-7-5-23-21(13-29)24(27-30(23)18-6-8-32-14-18)20-11-25-22-9-16(3-4-19(20)22)17-10-26-28(2)12-17;1-14(30)28-6-5-22-20(11-28)23(26-29(22)17-12-31-13-17)19-9-24-21-7-15(3-4-18(19)21)16-8-25-27(2)10-16;1-15(27)25-10-7-21-19(14-25)22(23-26(21)16-8-11-28-12-9-16)18-13-24(2)20-6-4-3-5-17(18)20/h4-5,10-12,19,27H,6-9,13-14H2,1-3H3;3-4,9-12,18,25H,5-8,13-14H2,1-2H3;3-4,7-10,17,24H,5-6,11-13H2,1-2H3;3-6,13,16H,7-12,14H2,1-2H3/t19-;;;/m0.../s1. The summed E-state index contributed by atoms with van der Waals surface area (Å²) in [7, 11) is 7.85. The Morgan fingerprint density at radius 3 is 1.18 bits per heavy atom. The van der Waals surface area contributed by atoms with Crippen molar-refractivity contribution in [2.45, 2.75) is 136 Å². The zero-order valence-corrected chi connectivity index (χ0v) is 71.7. The number of nitrogens with zero attached hydrogens (tertiary/aromatic N) is 19. The topological polar surface area (TPSA) is 295 Å². The van der Waals surface area contributed by atoms with Gasteiger partial charge >= 0.3 is 0 Å². The van der Waals surface area contributed by atoms with Crippen LogP contribution in [0.15, 0.2) is 135 Å². The maximum atomic E-state index is 12.2. The van der Waals surface area contributed by atoms with Crippen LogP contribution in [-0.2, 0) is 118 Å². The molecule has 30 nitrogen and oxygen atoms in total. The van der Waals surface area contributed by atoms with Gasteiger partial charge in [0.25, 0.3) is 0 Å². The molecule has 1 unspecified atom stereocenters. The van der Waals surface area contributed by atoms with E-state index in [9.17, 15) is 19.2 Å². The number of fused-ring (bicyclic) bond motifs is 8. The van der Waals surface area contributed by atoms with Crippen LogP contribution in [0, 0.1) is 6.92 Å². The van der Waals surface area contributed by atoms with Gasteiger partial charge < -0.3 is 58.1 Å². The molecule has 4 saturated heterocycles. The predicted octanol–water partition coefficient (Wildman–Crippen LogP) is 13.1. The highest BCUT2D eigenvalue weighted by Crippen LogP contribution is 2.45. The number of carbonyl (C=O) groups is 4. The maximum Gasteiger partial charge on any atom is 0.219 e. The van der Waals surface area contributed by atoms with Gasteiger partial charge in [0.05, 0.1) is 92.0 Å². The van der Waals surface area contributed by atoms with Gasteiger partial charge in [-0.05, 0) is 73.6 Å². The monoisotopic (exact) mass is 1670 g/mol. The highest BCUT2D eigenvalue weighted by atomic mass is 16.5. The molecule has 0 spiro atoms. The molecule has 638 valence electrons. The predicted molar refractivity (Wildman–Crippen MR) is 471 cm³/mol. The highest BCUT2D eigenvalue weighted by molar-refractivity contribution is 6.01. The zero-order valence-electron chi connectivity index (χ0n) is 71.7. The molecule has 124 heavy (non-hydrogen) atoms. The normalized spacial score (nSPS) is 17.8. The van der Waals surface area contributed by atoms with E-state index in [0.717, 1.165) is 232 Å². The van der Waals surface area contributed by atoms with Crippen molar-refractivity contribution in [3.63, 3.8) is 0 Å². The molecule has 4 aromatic carbocycles. The summed E-state index contributed by atoms with van der Waals surface area (Å²) in [6.45, 7) is 20.1. The Kier molecular flexibility index (Phi) is 21.1. The molecule has 4 amide bonds. The Hall–Kier alpha value is -12.8. The second kappa shape index (κ2) is 32.8. The number of H-pyrrole nitrogens is 3. The number of aryl methyl sites for hydroxylation is 5. The number of rotatable bonds is 11. The summed E-state index contributed by atoms with van der Waals surface area (Å²) in [4.78, 5) is 66.6. The fourth-order valence-electron chi connectivity index (χ4n) is 19.7. The summed E-state index contributed by atoms with van der Waals surface area (Å²) in [5.41, 5.74) is 30.3. The lowest BCUT2D eigenvalue weighted by Crippen LogP contribution is -2.37. The van der Waals surface area contributed by atoms with E-state index in [4.69, 9.17) is 39.3 Å². The fourth-order valence-corrected chi connectivity index (χ4v) is 19.7. The van der Waals surface area contributed by atoms with Crippen molar-refractivity contribution in [1.29, 1.82) is 0 Å². The Balaban J connectivity index is 0.000000105. The number of aromatic amines is 3. The van der Waals surface area contributed by atoms with Gasteiger partial charge in [0, 0.05) is 331 Å². The molecule has 2 atom stereocenters. The molecule has 8 aliphatic rings. The summed E-state index contributed by atoms with van der Waals surface area (Å²) in [6.07, 6.45) is 25.2. The molecule has 23 rings (SSSR count). The van der Waals surface area contributed by atoms with E-state index >= 15 is 0 Å². The Morgan fingerprint density at radius 1 is 0.387 bits per heavy atom. The Morgan fingerprint density at radius 2 is 0.766 bits per heavy atom. The third-order valence-electron chi connectivity index (χ3n) is 26.5. The average Bonchev–Trinajstić information content (AvgIpc) is 1.59. The number of carbonyl (C=O) groups excluding carboxylic acids is 4. The van der Waals surface area contributed by atoms with Crippen molar-refractivity contribution < 1.29 is 38.1 Å². The number of ether oxygens (including phenoxy) is 4. The third kappa shape index (κ3) is 14.8. The molecule has 30 heteroatoms. The Bertz CT molecular complexity index is 6610. The SMILES string of the molecule is CC(=O)N1CCc2c(c(-c3c(C)[nH]c4cc(-c5cnn(C)c5)ccc34)nn2[C@H]2CCOC2)C1.CC(=O)N1CCc2c(c(-c3c[nH]c4cc(-c5cnn(C)c5)ccc34)nn2C2CCOC2)C1.CC(=O)N1CCc2c(c(-c3c[nH]c4cc(-c5cnn(C)c5)ccc34)nn2C2COC2)C1.CC(=O)N1CCc2c(c(-c3cn(C)c4ccccc34)nn2C2CCOCC2)C1. The lowest BCUT2D eigenvalue weighted by atomic mass is 9.98. The van der Waals surface area contributed by atoms with E-state index in [0.29, 0.717) is 58.6 Å². The van der Waals surface area contributed by atoms with Gasteiger partial charge in [0.15, 0.2) is 0 Å². The molecule has 15 aromatic rings. The first kappa shape index (κ1) is 79.7. The Labute approximate surface area is 716 Å². The summed E-state index contributed by atoms with van der Waals surface area (Å²) < 4.78 is 38.7. The molecular formula is C94H104N22O8. The number of benzene rings is 4. The van der Waals surface area contributed by atoms with Crippen molar-refractivity contribution in [3.05, 3.63) is 185 Å². The van der Waals surface area contributed by atoms with E-state index in [-0.39, 0.29) is 41.8 Å². The van der Waals surface area contributed by atoms with Crippen LogP contribution in [0.5, 0.6) is 0 Å². The van der Waals surface area contributed by atoms with Crippen LogP contribution in [-0.4, -0.2) is 210 Å². The van der Waals surface area contributed by atoms with Gasteiger partial charge in [-0.1, -0.05) is 54.6 Å². The van der Waals surface area contributed by atoms with Gasteiger partial charge in [-0.2, -0.15) is 35.7 Å². The van der Waals surface area contributed by atoms with E-state index in [1.165, 1.54) is 44.8 Å². The first-order valence-electron chi connectivity index (χ1n) is 43.4. The first-order valence-corrected chi connectivity index (χ1v) is 43.4. The maximum absolute atomic E-state index is 12.2. The minimum atomic E-state index is 0.108. The van der Waals surface area contributed by atoms with Crippen molar-refractivity contribution in [2.24, 2.45) is 28.2 Å². The highest BCUT2D eigenvalue weighted by Gasteiger charge is 2.38. The molecular weight excluding hydrogens is 1570 g/mol. The molecule has 19 heterocycles. The van der Waals surface area contributed by atoms with E-state index in [1.807, 2.05) is 104 Å². The molecule has 0 saturated carbocycles. The molecule has 8 aliphatic heterocycles. The summed E-state index contributed by atoms with van der Waals surface area (Å²) in [5, 5.41) is 38.0. The smallest absolute Gasteiger partial charge is 0.219 e. The van der Waals surface area contributed by atoms with Crippen LogP contribution in [0.2, 0.25) is 0 Å². The fraction of sp³-hybridized carbons (Fsp3) is 0.394. The second-order valence-electron chi connectivity index (χ2n) is 34.4. The van der Waals surface area contributed by atoms with Crippen molar-refractivity contribution in [1.82, 2.24) is 108 Å². The average molecular weight is 1670 g/mol. The largest absolute Gasteiger partial charge is 0.381 e. The van der Waals surface area contributed by atoms with E-state index in [2.05, 4.69) is 153 Å². The lowest BCUT2D eigenvalue weighted by Gasteiger charge is -2.31. The van der Waals surface area contributed by atoms with Crippen molar-refractivity contribution in [2.75, 3.05) is 79.0 Å². The van der Waals surface area contributed by atoms with Crippen molar-refractivity contribution >= 4 is 67.2 Å². The van der Waals surface area contributed by atoms with E-state index < -0.39 is 0 Å². The number of amides is 4. The summed E-state index contributed by atoms with van der Waals surface area (Å²) >= 11 is 0. The van der Waals surface area contributed by atoms with E-state index in [1.54, 1.807) is 27.7 Å². The van der Waals surface area contributed by atoms with Crippen LogP contribution in [0.3, 0.4) is 0 Å². The zero-order chi connectivity index (χ0) is 84.9. The molecule has 0 aliphatic carbocycles. The van der Waals surface area contributed by atoms with Crippen LogP contribution < -0.4 is 0 Å². The minimum absolute atomic E-state index is 0.108. The number of hydrogen-bond donors (Lipinski definition) is 3. The second-order valence-corrected chi connectivity index (χ2v) is 34.4. The molecule has 3 N–H and O–H groups in total. The van der Waals surface area contributed by atoms with Gasteiger partial charge in [-0.15, -0.1) is 0 Å². The van der Waals surface area contributed by atoms with Gasteiger partial charge in [0.1, 0.15) is 0 Å². The summed E-state index contributed by atoms with van der Waals surface area (Å²) in [6, 6.07) is 29.0. The third-order valence-corrected chi connectivity index (χ3v) is 26.5. The van der Waals surface area contributed by atoms with Gasteiger partial charge in [-0.3, -0.25) is 52.0 Å². The number of hydrogen-bond acceptors (Lipinski definition) is 15. The molecule has 0 bridgehead atoms. The first-order chi connectivity index (χ1) is 60.3.